The normalized spacial score (nSPS) is 20.8. The molecule has 1 aliphatic carbocycles. The van der Waals surface area contributed by atoms with Crippen LogP contribution in [0.5, 0.6) is 0 Å². The van der Waals surface area contributed by atoms with Crippen molar-refractivity contribution in [3.63, 3.8) is 0 Å². The number of carbonyl (C=O) groups is 2. The van der Waals surface area contributed by atoms with Gasteiger partial charge in [0.25, 0.3) is 0 Å². The van der Waals surface area contributed by atoms with Crippen molar-refractivity contribution in [2.45, 2.75) is 186 Å². The third-order valence-electron chi connectivity index (χ3n) is 10.7. The van der Waals surface area contributed by atoms with E-state index in [1.165, 1.54) is 57.8 Å². The van der Waals surface area contributed by atoms with Gasteiger partial charge in [0.15, 0.2) is 6.10 Å². The lowest BCUT2D eigenvalue weighted by atomic mass is 9.87. The zero-order chi connectivity index (χ0) is 43.8. The Labute approximate surface area is 358 Å². The third kappa shape index (κ3) is 30.7. The number of phosphoric ester groups is 1. The van der Waals surface area contributed by atoms with Crippen molar-refractivity contribution < 1.29 is 57.4 Å². The maximum absolute atomic E-state index is 12.9. The lowest BCUT2D eigenvalue weighted by molar-refractivity contribution is -0.870. The van der Waals surface area contributed by atoms with Crippen molar-refractivity contribution in [2.75, 3.05) is 47.5 Å². The van der Waals surface area contributed by atoms with E-state index in [-0.39, 0.29) is 44.7 Å². The zero-order valence-electron chi connectivity index (χ0n) is 37.6. The molecule has 0 aromatic heterocycles. The van der Waals surface area contributed by atoms with Crippen LogP contribution in [0.4, 0.5) is 0 Å². The molecule has 1 saturated carbocycles. The number of hydrogen-bond donors (Lipinski definition) is 4. The molecule has 344 valence electrons. The molecule has 1 fully saturated rings. The summed E-state index contributed by atoms with van der Waals surface area (Å²) in [5, 5.41) is 31.4. The molecule has 0 saturated heterocycles. The predicted octanol–water partition coefficient (Wildman–Crippen LogP) is 9.29. The van der Waals surface area contributed by atoms with E-state index < -0.39 is 56.7 Å². The summed E-state index contributed by atoms with van der Waals surface area (Å²) in [4.78, 5) is 35.9. The van der Waals surface area contributed by atoms with E-state index in [1.54, 1.807) is 18.4 Å². The molecule has 13 heteroatoms. The topological polar surface area (TPSA) is 169 Å². The van der Waals surface area contributed by atoms with Crippen LogP contribution in [-0.4, -0.2) is 108 Å². The second kappa shape index (κ2) is 33.7. The molecule has 1 aliphatic rings. The molecule has 1 rings (SSSR count). The number of aliphatic hydroxyl groups excluding tert-OH is 3. The molecule has 0 bridgehead atoms. The van der Waals surface area contributed by atoms with Crippen LogP contribution < -0.4 is 0 Å². The highest BCUT2D eigenvalue weighted by atomic mass is 31.2. The van der Waals surface area contributed by atoms with Gasteiger partial charge in [-0.25, -0.2) is 4.57 Å². The lowest BCUT2D eigenvalue weighted by Gasteiger charge is -2.24. The van der Waals surface area contributed by atoms with E-state index in [1.807, 2.05) is 27.2 Å². The van der Waals surface area contributed by atoms with E-state index >= 15 is 0 Å². The van der Waals surface area contributed by atoms with Gasteiger partial charge < -0.3 is 34.2 Å². The van der Waals surface area contributed by atoms with Crippen LogP contribution in [0.3, 0.4) is 0 Å². The van der Waals surface area contributed by atoms with Crippen molar-refractivity contribution >= 4 is 19.6 Å². The average molecular weight is 859 g/mol. The predicted molar refractivity (Wildman–Crippen MR) is 235 cm³/mol. The third-order valence-corrected chi connectivity index (χ3v) is 11.7. The highest BCUT2D eigenvalue weighted by Crippen LogP contribution is 2.43. The number of rotatable bonds is 38. The summed E-state index contributed by atoms with van der Waals surface area (Å²) < 4.78 is 34.6. The van der Waals surface area contributed by atoms with E-state index in [4.69, 9.17) is 18.5 Å². The average Bonchev–Trinajstić information content (AvgIpc) is 3.43. The number of allylic oxidation sites excluding steroid dienone is 3. The van der Waals surface area contributed by atoms with Crippen LogP contribution in [0.2, 0.25) is 0 Å². The van der Waals surface area contributed by atoms with Gasteiger partial charge in [-0.05, 0) is 63.9 Å². The van der Waals surface area contributed by atoms with E-state index in [2.05, 4.69) is 26.0 Å². The summed E-state index contributed by atoms with van der Waals surface area (Å²) in [5.74, 6) is -1.47. The Hall–Kier alpha value is -1.89. The van der Waals surface area contributed by atoms with Gasteiger partial charge in [0, 0.05) is 37.5 Å². The number of esters is 1. The molecule has 0 aromatic rings. The summed E-state index contributed by atoms with van der Waals surface area (Å²) in [6, 6.07) is 0. The fourth-order valence-electron chi connectivity index (χ4n) is 7.04. The van der Waals surface area contributed by atoms with Gasteiger partial charge >= 0.3 is 13.8 Å². The Morgan fingerprint density at radius 1 is 0.763 bits per heavy atom. The maximum atomic E-state index is 12.9. The molecular weight excluding hydrogens is 773 g/mol. The molecule has 4 N–H and O–H groups in total. The number of ketones is 1. The van der Waals surface area contributed by atoms with Crippen molar-refractivity contribution in [1.82, 2.24) is 0 Å². The largest absolute Gasteiger partial charge is 0.498 e. The van der Waals surface area contributed by atoms with E-state index in [0.717, 1.165) is 44.9 Å². The minimum absolute atomic E-state index is 0.00947. The second-order valence-corrected chi connectivity index (χ2v) is 18.9. The Morgan fingerprint density at radius 2 is 1.36 bits per heavy atom. The summed E-state index contributed by atoms with van der Waals surface area (Å²) in [6.07, 6.45) is 28.9. The minimum atomic E-state index is -4.40. The molecule has 0 spiro atoms. The molecule has 7 atom stereocenters. The first-order valence-electron chi connectivity index (χ1n) is 22.9. The zero-order valence-corrected chi connectivity index (χ0v) is 38.5. The van der Waals surface area contributed by atoms with Crippen LogP contribution in [-0.2, 0) is 32.7 Å². The molecular formula is C46H85NO11P+. The van der Waals surface area contributed by atoms with Crippen LogP contribution in [0, 0.1) is 11.8 Å². The number of aliphatic hydroxyl groups is 3. The number of nitrogens with zero attached hydrogens (tertiary/aromatic N) is 1. The Bertz CT molecular complexity index is 1220. The van der Waals surface area contributed by atoms with E-state index in [0.29, 0.717) is 30.3 Å². The Morgan fingerprint density at radius 3 is 2.00 bits per heavy atom. The second-order valence-electron chi connectivity index (χ2n) is 17.5. The van der Waals surface area contributed by atoms with E-state index in [9.17, 15) is 34.4 Å². The molecule has 0 aromatic carbocycles. The standard InChI is InChI=1S/C46H84NO11P/c1-6-8-10-11-12-13-14-15-16-17-18-19-20-21-22-26-33-55-37-41(38-57-59(53,54)56-34-32-47(3,4)5)58-46(52)29-25-24-28-40(49)35-43-42(44(50)36-45(43)51)31-30-39(48)27-23-9-7-2/h15-16,26,30-31,33,39,41-45,48,50-51H,6-14,17-25,27-29,32,34-38H2,1-5H3/p+1/b16-15-,31-30+,33-26+/t39-,41+,42+,43+,44+,45-/m0/s1. The molecule has 0 aliphatic heterocycles. The van der Waals surface area contributed by atoms with Crippen LogP contribution in [0.15, 0.2) is 36.6 Å². The number of likely N-dealkylation sites (N-methyl/N-ethyl adjacent to an activating group) is 1. The van der Waals surface area contributed by atoms with Gasteiger partial charge in [0.1, 0.15) is 25.5 Å². The molecule has 1 unspecified atom stereocenters. The van der Waals surface area contributed by atoms with Crippen molar-refractivity contribution in [1.29, 1.82) is 0 Å². The SMILES string of the molecule is CCCCCCCC/C=C\CCCCCC/C=C/OC[C@H](COP(=O)(O)OCC[N+](C)(C)C)OC(=O)CCCCC(=O)C[C@@H]1[C@@H](/C=C/[C@@H](O)CCCCC)[C@H](O)C[C@@H]1O. The molecule has 0 radical (unpaired) electrons. The van der Waals surface area contributed by atoms with Crippen LogP contribution in [0.25, 0.3) is 0 Å². The number of carbonyl (C=O) groups excluding carboxylic acids is 2. The molecule has 0 amide bonds. The van der Waals surface area contributed by atoms with Gasteiger partial charge in [-0.2, -0.15) is 0 Å². The number of hydrogen-bond acceptors (Lipinski definition) is 10. The number of unbranched alkanes of at least 4 members (excludes halogenated alkanes) is 14. The highest BCUT2D eigenvalue weighted by Gasteiger charge is 2.41. The van der Waals surface area contributed by atoms with Gasteiger partial charge in [-0.3, -0.25) is 18.6 Å². The van der Waals surface area contributed by atoms with Crippen molar-refractivity contribution in [3.05, 3.63) is 36.6 Å². The van der Waals surface area contributed by atoms with Crippen molar-refractivity contribution in [2.24, 2.45) is 11.8 Å². The summed E-state index contributed by atoms with van der Waals surface area (Å²) in [7, 11) is 1.40. The Kier molecular flexibility index (Phi) is 31.5. The van der Waals surface area contributed by atoms with Gasteiger partial charge in [-0.1, -0.05) is 102 Å². The number of ether oxygens (including phenoxy) is 2. The first-order chi connectivity index (χ1) is 28.2. The van der Waals surface area contributed by atoms with Gasteiger partial charge in [-0.15, -0.1) is 0 Å². The Balaban J connectivity index is 2.50. The molecule has 59 heavy (non-hydrogen) atoms. The van der Waals surface area contributed by atoms with Crippen molar-refractivity contribution in [3.8, 4) is 0 Å². The number of quaternary nitrogens is 1. The fourth-order valence-corrected chi connectivity index (χ4v) is 7.78. The molecule has 0 heterocycles. The smallest absolute Gasteiger partial charge is 0.472 e. The maximum Gasteiger partial charge on any atom is 0.472 e. The first kappa shape index (κ1) is 55.1. The lowest BCUT2D eigenvalue weighted by Crippen LogP contribution is -2.37. The fraction of sp³-hybridized carbons (Fsp3) is 0.826. The van der Waals surface area contributed by atoms with Gasteiger partial charge in [0.05, 0.1) is 52.3 Å². The monoisotopic (exact) mass is 859 g/mol. The highest BCUT2D eigenvalue weighted by molar-refractivity contribution is 7.47. The molecule has 12 nitrogen and oxygen atoms in total. The first-order valence-corrected chi connectivity index (χ1v) is 24.4. The van der Waals surface area contributed by atoms with Crippen LogP contribution in [0.1, 0.15) is 162 Å². The number of phosphoric acid groups is 1. The number of Topliss-reactive ketones (excluding diaryl/α,β-unsaturated/α-hetero) is 1. The minimum Gasteiger partial charge on any atom is -0.498 e. The van der Waals surface area contributed by atoms with Crippen LogP contribution >= 0.6 is 7.82 Å². The summed E-state index contributed by atoms with van der Waals surface area (Å²) in [5.41, 5.74) is 0. The summed E-state index contributed by atoms with van der Waals surface area (Å²) in [6.45, 7) is 4.37. The quantitative estimate of drug-likeness (QED) is 0.0117. The summed E-state index contributed by atoms with van der Waals surface area (Å²) >= 11 is 0. The van der Waals surface area contributed by atoms with Gasteiger partial charge in [0.2, 0.25) is 0 Å².